The first-order valence-electron chi connectivity index (χ1n) is 19.4. The number of Topliss-reactive ketones (excluding diaryl/α,β-unsaturated/α-hetero) is 1. The summed E-state index contributed by atoms with van der Waals surface area (Å²) in [5.74, 6) is -1.51. The molecule has 0 amide bonds. The van der Waals surface area contributed by atoms with Crippen molar-refractivity contribution in [1.82, 2.24) is 9.97 Å². The number of ether oxygens (including phenoxy) is 2. The number of aryl methyl sites for hydroxylation is 2. The number of aromatic hydroxyl groups is 4. The first-order chi connectivity index (χ1) is 28.0. The molecule has 2 aromatic heterocycles. The van der Waals surface area contributed by atoms with Crippen LogP contribution in [0.4, 0.5) is 11.5 Å². The number of nitrogens with zero attached hydrogens (tertiary/aromatic N) is 2. The Hall–Kier alpha value is -6.24. The maximum atomic E-state index is 15.1. The summed E-state index contributed by atoms with van der Waals surface area (Å²) in [6.07, 6.45) is 3.18. The van der Waals surface area contributed by atoms with Crippen LogP contribution >= 0.6 is 0 Å². The Morgan fingerprint density at radius 3 is 2.43 bits per heavy atom. The summed E-state index contributed by atoms with van der Waals surface area (Å²) in [6.45, 7) is 0. The third-order valence-electron chi connectivity index (χ3n) is 11.7. The zero-order valence-corrected chi connectivity index (χ0v) is 32.4. The van der Waals surface area contributed by atoms with E-state index in [-0.39, 0.29) is 48.0 Å². The Balaban J connectivity index is 1.30. The number of phenols is 4. The van der Waals surface area contributed by atoms with Crippen LogP contribution < -0.4 is 19.8 Å². The number of aromatic nitrogens is 2. The van der Waals surface area contributed by atoms with Crippen LogP contribution in [0.2, 0.25) is 0 Å². The van der Waals surface area contributed by atoms with E-state index in [9.17, 15) is 30.6 Å². The number of aliphatic hydroxyl groups excluding tert-OH is 2. The molecule has 58 heavy (non-hydrogen) atoms. The van der Waals surface area contributed by atoms with Crippen molar-refractivity contribution in [1.29, 1.82) is 0 Å². The number of fused-ring (bicyclic) bond motifs is 1. The Morgan fingerprint density at radius 2 is 1.66 bits per heavy atom. The van der Waals surface area contributed by atoms with Crippen LogP contribution in [0.25, 0.3) is 10.8 Å². The lowest BCUT2D eigenvalue weighted by atomic mass is 9.58. The van der Waals surface area contributed by atoms with Gasteiger partial charge in [-0.25, -0.2) is 4.98 Å². The normalized spacial score (nSPS) is 18.8. The molecule has 2 heterocycles. The van der Waals surface area contributed by atoms with E-state index in [4.69, 9.17) is 9.47 Å². The average Bonchev–Trinajstić information content (AvgIpc) is 3.86. The lowest BCUT2D eigenvalue weighted by Crippen LogP contribution is -2.51. The number of methoxy groups -OCH3 is 2. The van der Waals surface area contributed by atoms with Crippen molar-refractivity contribution < 1.29 is 44.9 Å². The number of benzene rings is 4. The lowest BCUT2D eigenvalue weighted by molar-refractivity contribution is -0.132. The highest BCUT2D eigenvalue weighted by Crippen LogP contribution is 2.54. The molecular weight excluding hydrogens is 739 g/mol. The van der Waals surface area contributed by atoms with Gasteiger partial charge < -0.3 is 50.4 Å². The van der Waals surface area contributed by atoms with Crippen molar-refractivity contribution in [3.05, 3.63) is 126 Å². The molecule has 1 saturated carbocycles. The van der Waals surface area contributed by atoms with E-state index in [0.717, 1.165) is 33.3 Å². The highest BCUT2D eigenvalue weighted by Gasteiger charge is 2.57. The van der Waals surface area contributed by atoms with Gasteiger partial charge in [0.1, 0.15) is 17.4 Å². The number of hydrogen-bond donors (Lipinski definition) is 7. The molecule has 12 heteroatoms. The number of pyridine rings is 1. The molecule has 0 radical (unpaired) electrons. The first kappa shape index (κ1) is 40.0. The predicted molar refractivity (Wildman–Crippen MR) is 219 cm³/mol. The Bertz CT molecular complexity index is 2380. The minimum atomic E-state index is -1.18. The van der Waals surface area contributed by atoms with E-state index in [1.54, 1.807) is 42.7 Å². The molecular formula is C46H48N3O9-. The maximum Gasteiger partial charge on any atom is 0.200 e. The molecule has 1 fully saturated rings. The fraction of sp³-hybridized carbons (Fsp3) is 0.304. The minimum absolute atomic E-state index is 0.00954. The van der Waals surface area contributed by atoms with Gasteiger partial charge >= 0.3 is 0 Å². The second kappa shape index (κ2) is 17.1. The zero-order valence-electron chi connectivity index (χ0n) is 32.4. The molecule has 7 rings (SSSR count). The molecule has 4 aromatic carbocycles. The van der Waals surface area contributed by atoms with Gasteiger partial charge in [0.15, 0.2) is 23.0 Å². The topological polar surface area (TPSA) is 196 Å². The van der Waals surface area contributed by atoms with Crippen molar-refractivity contribution in [2.75, 3.05) is 19.5 Å². The van der Waals surface area contributed by atoms with Gasteiger partial charge in [-0.05, 0) is 133 Å². The predicted octanol–water partition coefficient (Wildman–Crippen LogP) is 6.84. The summed E-state index contributed by atoms with van der Waals surface area (Å²) in [5, 5.41) is 70.4. The van der Waals surface area contributed by atoms with Crippen LogP contribution in [-0.4, -0.2) is 67.8 Å². The molecule has 0 spiro atoms. The Morgan fingerprint density at radius 1 is 0.879 bits per heavy atom. The van der Waals surface area contributed by atoms with Gasteiger partial charge in [0, 0.05) is 23.7 Å². The van der Waals surface area contributed by atoms with E-state index in [1.807, 2.05) is 48.5 Å². The summed E-state index contributed by atoms with van der Waals surface area (Å²) in [5.41, 5.74) is 2.52. The van der Waals surface area contributed by atoms with E-state index in [2.05, 4.69) is 15.3 Å². The fourth-order valence-corrected chi connectivity index (χ4v) is 8.86. The van der Waals surface area contributed by atoms with Crippen LogP contribution in [-0.2, 0) is 29.5 Å². The molecule has 302 valence electrons. The third-order valence-corrected chi connectivity index (χ3v) is 11.7. The largest absolute Gasteiger partial charge is 0.668 e. The summed E-state index contributed by atoms with van der Waals surface area (Å²) in [7, 11) is 2.84. The summed E-state index contributed by atoms with van der Waals surface area (Å²) < 4.78 is 10.6. The second-order valence-corrected chi connectivity index (χ2v) is 15.1. The van der Waals surface area contributed by atoms with Crippen LogP contribution in [0.3, 0.4) is 0 Å². The third kappa shape index (κ3) is 8.25. The summed E-state index contributed by atoms with van der Waals surface area (Å²) in [4.78, 5) is 24.3. The Kier molecular flexibility index (Phi) is 11.8. The molecule has 0 saturated heterocycles. The van der Waals surface area contributed by atoms with Crippen LogP contribution in [0.15, 0.2) is 103 Å². The lowest BCUT2D eigenvalue weighted by Gasteiger charge is -2.45. The first-order valence-corrected chi connectivity index (χ1v) is 19.4. The minimum Gasteiger partial charge on any atom is -0.668 e. The number of anilines is 2. The molecule has 5 atom stereocenters. The zero-order chi connectivity index (χ0) is 41.0. The van der Waals surface area contributed by atoms with Crippen molar-refractivity contribution >= 4 is 28.1 Å². The van der Waals surface area contributed by atoms with Gasteiger partial charge in [0.25, 0.3) is 0 Å². The number of aliphatic hydroxyl groups is 2. The van der Waals surface area contributed by atoms with Gasteiger partial charge in [0.05, 0.1) is 32.3 Å². The van der Waals surface area contributed by atoms with Crippen LogP contribution in [0.1, 0.15) is 48.1 Å². The number of rotatable bonds is 16. The van der Waals surface area contributed by atoms with Gasteiger partial charge in [0.2, 0.25) is 5.75 Å². The summed E-state index contributed by atoms with van der Waals surface area (Å²) >= 11 is 0. The van der Waals surface area contributed by atoms with Crippen molar-refractivity contribution in [3.8, 4) is 34.5 Å². The molecule has 6 aromatic rings. The summed E-state index contributed by atoms with van der Waals surface area (Å²) in [6, 6.07) is 26.3. The van der Waals surface area contributed by atoms with Gasteiger partial charge in [-0.1, -0.05) is 30.3 Å². The van der Waals surface area contributed by atoms with E-state index >= 15 is 4.79 Å². The molecule has 0 unspecified atom stereocenters. The van der Waals surface area contributed by atoms with Gasteiger partial charge in [-0.15, -0.1) is 0 Å². The molecule has 12 nitrogen and oxygen atoms in total. The van der Waals surface area contributed by atoms with E-state index < -0.39 is 35.2 Å². The number of nitrogens with one attached hydrogen (secondary N) is 1. The standard InChI is InChI=1S/C46H48N3O9/c1-57-41-21-27(5-12-37(41)52)6-13-38(53)44(39(54)14-7-28-20-40(55)45(56)42(22-28)58-2)46(17-15-36(51)35(46)26-32-4-3-18-47-32)31-16-19-48-43(25-31)49-33-10-8-30-24-34(50)11-9-29(30)23-33/h3-5,8-12,16,18-25,35-36,38,44,50-53,55-56H,6-7,13-15,17,26H2,1-2H3,(H,48,49)/q-1/t35-,36+,38+,44+,46-/m0/s1. The molecule has 0 aliphatic heterocycles. The second-order valence-electron chi connectivity index (χ2n) is 15.1. The number of hydrogen-bond acceptors (Lipinski definition) is 11. The average molecular weight is 787 g/mol. The number of phenolic OH excluding ortho intramolecular Hbond substituents is 4. The molecule has 7 N–H and O–H groups in total. The molecule has 1 aliphatic carbocycles. The monoisotopic (exact) mass is 786 g/mol. The van der Waals surface area contributed by atoms with Crippen molar-refractivity contribution in [3.63, 3.8) is 0 Å². The SMILES string of the molecule is COc1cc(CC[C@@H](O)[C@H](C(=O)CCc2cc(O)c(O)c(OC)c2)[C@]2(c3ccnc(Nc4ccc5cc(O)ccc5c4)c3)CC[C@@H](O)[C@@H]2Cc2ccc[n-]2)ccc1O. The van der Waals surface area contributed by atoms with Crippen molar-refractivity contribution in [2.24, 2.45) is 11.8 Å². The Labute approximate surface area is 336 Å². The quantitative estimate of drug-likeness (QED) is 0.0506. The molecule has 0 bridgehead atoms. The van der Waals surface area contributed by atoms with E-state index in [1.165, 1.54) is 26.4 Å². The smallest absolute Gasteiger partial charge is 0.200 e. The number of ketones is 1. The van der Waals surface area contributed by atoms with Crippen LogP contribution in [0, 0.1) is 11.8 Å². The van der Waals surface area contributed by atoms with Crippen molar-refractivity contribution in [2.45, 2.75) is 62.6 Å². The highest BCUT2D eigenvalue weighted by molar-refractivity contribution is 5.87. The fourth-order valence-electron chi connectivity index (χ4n) is 8.86. The highest BCUT2D eigenvalue weighted by atomic mass is 16.5. The van der Waals surface area contributed by atoms with E-state index in [0.29, 0.717) is 42.8 Å². The van der Waals surface area contributed by atoms with Gasteiger partial charge in [-0.3, -0.25) is 4.79 Å². The van der Waals surface area contributed by atoms with Gasteiger partial charge in [-0.2, -0.15) is 11.9 Å². The maximum absolute atomic E-state index is 15.1. The number of carbonyl (C=O) groups excluding carboxylic acids is 1. The number of carbonyl (C=O) groups is 1. The van der Waals surface area contributed by atoms with Crippen LogP contribution in [0.5, 0.6) is 34.5 Å². The molecule has 1 aliphatic rings.